The summed E-state index contributed by atoms with van der Waals surface area (Å²) in [6.07, 6.45) is -0.0883. The Morgan fingerprint density at radius 2 is 2.00 bits per heavy atom. The highest BCUT2D eigenvalue weighted by Gasteiger charge is 2.28. The minimum Gasteiger partial charge on any atom is -0.481 e. The Morgan fingerprint density at radius 3 is 2.45 bits per heavy atom. The van der Waals surface area contributed by atoms with Gasteiger partial charge in [0.25, 0.3) is 0 Å². The van der Waals surface area contributed by atoms with Crippen LogP contribution in [-0.2, 0) is 11.3 Å². The summed E-state index contributed by atoms with van der Waals surface area (Å²) in [5.74, 6) is -0.917. The van der Waals surface area contributed by atoms with E-state index in [9.17, 15) is 9.59 Å². The SMILES string of the molecule is Cc1ccc(CNC(=O)NC(CC(=O)O)C(C)(C)C)s1. The minimum absolute atomic E-state index is 0.0883. The molecule has 0 saturated heterocycles. The fourth-order valence-electron chi connectivity index (χ4n) is 1.71. The van der Waals surface area contributed by atoms with Crippen LogP contribution in [0.3, 0.4) is 0 Å². The van der Waals surface area contributed by atoms with Crippen LogP contribution >= 0.6 is 11.3 Å². The quantitative estimate of drug-likeness (QED) is 0.782. The predicted octanol–water partition coefficient (Wildman–Crippen LogP) is 2.75. The molecule has 0 aliphatic heterocycles. The Morgan fingerprint density at radius 1 is 1.35 bits per heavy atom. The molecule has 1 unspecified atom stereocenters. The fourth-order valence-corrected chi connectivity index (χ4v) is 2.54. The van der Waals surface area contributed by atoms with Gasteiger partial charge in [-0.05, 0) is 24.5 Å². The van der Waals surface area contributed by atoms with E-state index in [0.717, 1.165) is 4.88 Å². The summed E-state index contributed by atoms with van der Waals surface area (Å²) in [7, 11) is 0. The zero-order valence-corrected chi connectivity index (χ0v) is 13.1. The number of hydrogen-bond acceptors (Lipinski definition) is 3. The summed E-state index contributed by atoms with van der Waals surface area (Å²) in [5, 5.41) is 14.4. The van der Waals surface area contributed by atoms with E-state index in [-0.39, 0.29) is 17.9 Å². The van der Waals surface area contributed by atoms with Gasteiger partial charge in [-0.15, -0.1) is 11.3 Å². The van der Waals surface area contributed by atoms with Crippen molar-refractivity contribution in [3.05, 3.63) is 21.9 Å². The molecule has 6 heteroatoms. The number of hydrogen-bond donors (Lipinski definition) is 3. The highest BCUT2D eigenvalue weighted by molar-refractivity contribution is 7.11. The lowest BCUT2D eigenvalue weighted by Gasteiger charge is -2.30. The highest BCUT2D eigenvalue weighted by atomic mass is 32.1. The lowest BCUT2D eigenvalue weighted by Crippen LogP contribution is -2.48. The molecule has 1 aromatic rings. The molecule has 0 aliphatic rings. The topological polar surface area (TPSA) is 78.4 Å². The normalized spacial score (nSPS) is 12.8. The van der Waals surface area contributed by atoms with Crippen LogP contribution in [0, 0.1) is 12.3 Å². The third-order valence-electron chi connectivity index (χ3n) is 2.95. The van der Waals surface area contributed by atoms with Crippen molar-refractivity contribution in [3.63, 3.8) is 0 Å². The molecule has 5 nitrogen and oxygen atoms in total. The van der Waals surface area contributed by atoms with E-state index in [1.54, 1.807) is 11.3 Å². The van der Waals surface area contributed by atoms with Gasteiger partial charge in [-0.1, -0.05) is 20.8 Å². The van der Waals surface area contributed by atoms with E-state index in [0.29, 0.717) is 6.54 Å². The molecule has 1 atom stereocenters. The first kappa shape index (κ1) is 16.5. The number of carbonyl (C=O) groups is 2. The smallest absolute Gasteiger partial charge is 0.315 e. The summed E-state index contributed by atoms with van der Waals surface area (Å²) in [4.78, 5) is 25.0. The molecule has 0 bridgehead atoms. The van der Waals surface area contributed by atoms with Gasteiger partial charge >= 0.3 is 12.0 Å². The lowest BCUT2D eigenvalue weighted by atomic mass is 9.85. The molecule has 2 amide bonds. The largest absolute Gasteiger partial charge is 0.481 e. The second kappa shape index (κ2) is 6.74. The van der Waals surface area contributed by atoms with E-state index in [1.807, 2.05) is 39.8 Å². The molecule has 0 radical (unpaired) electrons. The third kappa shape index (κ3) is 5.61. The molecule has 0 aromatic carbocycles. The second-order valence-corrected chi connectivity index (χ2v) is 7.23. The number of carbonyl (C=O) groups excluding carboxylic acids is 1. The van der Waals surface area contributed by atoms with Crippen LogP contribution in [0.15, 0.2) is 12.1 Å². The van der Waals surface area contributed by atoms with Crippen molar-refractivity contribution < 1.29 is 14.7 Å². The van der Waals surface area contributed by atoms with Crippen LogP contribution in [0.1, 0.15) is 36.9 Å². The number of amides is 2. The van der Waals surface area contributed by atoms with E-state index >= 15 is 0 Å². The summed E-state index contributed by atoms with van der Waals surface area (Å²) in [6.45, 7) is 8.18. The van der Waals surface area contributed by atoms with Crippen LogP contribution in [0.2, 0.25) is 0 Å². The van der Waals surface area contributed by atoms with Gasteiger partial charge in [-0.3, -0.25) is 4.79 Å². The van der Waals surface area contributed by atoms with Crippen LogP contribution in [-0.4, -0.2) is 23.1 Å². The van der Waals surface area contributed by atoms with Crippen molar-refractivity contribution in [3.8, 4) is 0 Å². The summed E-state index contributed by atoms with van der Waals surface area (Å²) in [6, 6.07) is 3.23. The summed E-state index contributed by atoms with van der Waals surface area (Å²) < 4.78 is 0. The standard InChI is InChI=1S/C14H22N2O3S/c1-9-5-6-10(20-9)8-15-13(19)16-11(7-12(17)18)14(2,3)4/h5-6,11H,7-8H2,1-4H3,(H,17,18)(H2,15,16,19). The Hall–Kier alpha value is -1.56. The Labute approximate surface area is 123 Å². The molecular weight excluding hydrogens is 276 g/mol. The molecule has 0 saturated carbocycles. The van der Waals surface area contributed by atoms with E-state index in [1.165, 1.54) is 4.88 Å². The molecular formula is C14H22N2O3S. The molecule has 1 heterocycles. The number of rotatable bonds is 5. The molecule has 20 heavy (non-hydrogen) atoms. The van der Waals surface area contributed by atoms with Crippen molar-refractivity contribution in [1.29, 1.82) is 0 Å². The van der Waals surface area contributed by atoms with Crippen molar-refractivity contribution in [2.75, 3.05) is 0 Å². The predicted molar refractivity (Wildman–Crippen MR) is 79.9 cm³/mol. The lowest BCUT2D eigenvalue weighted by molar-refractivity contribution is -0.138. The van der Waals surface area contributed by atoms with Crippen LogP contribution < -0.4 is 10.6 Å². The number of thiophene rings is 1. The van der Waals surface area contributed by atoms with Crippen LogP contribution in [0.5, 0.6) is 0 Å². The van der Waals surface area contributed by atoms with Gasteiger partial charge in [0.15, 0.2) is 0 Å². The van der Waals surface area contributed by atoms with Gasteiger partial charge in [0, 0.05) is 15.8 Å². The van der Waals surface area contributed by atoms with Crippen molar-refractivity contribution in [2.45, 2.75) is 46.7 Å². The van der Waals surface area contributed by atoms with E-state index in [2.05, 4.69) is 10.6 Å². The van der Waals surface area contributed by atoms with Gasteiger partial charge in [-0.2, -0.15) is 0 Å². The molecule has 0 fully saturated rings. The Balaban J connectivity index is 2.51. The fraction of sp³-hybridized carbons (Fsp3) is 0.571. The van der Waals surface area contributed by atoms with Crippen molar-refractivity contribution >= 4 is 23.3 Å². The number of carboxylic acids is 1. The monoisotopic (exact) mass is 298 g/mol. The number of aliphatic carboxylic acids is 1. The Bertz CT molecular complexity index is 477. The maximum Gasteiger partial charge on any atom is 0.315 e. The van der Waals surface area contributed by atoms with E-state index < -0.39 is 12.0 Å². The Kier molecular flexibility index (Phi) is 5.56. The van der Waals surface area contributed by atoms with Crippen LogP contribution in [0.4, 0.5) is 4.79 Å². The molecule has 0 aliphatic carbocycles. The van der Waals surface area contributed by atoms with Gasteiger partial charge in [0.1, 0.15) is 0 Å². The maximum absolute atomic E-state index is 11.9. The van der Waals surface area contributed by atoms with E-state index in [4.69, 9.17) is 5.11 Å². The molecule has 1 aromatic heterocycles. The highest BCUT2D eigenvalue weighted by Crippen LogP contribution is 2.21. The average Bonchev–Trinajstić information content (AvgIpc) is 2.70. The molecule has 0 spiro atoms. The third-order valence-corrected chi connectivity index (χ3v) is 3.95. The molecule has 112 valence electrons. The zero-order chi connectivity index (χ0) is 15.3. The zero-order valence-electron chi connectivity index (χ0n) is 12.3. The van der Waals surface area contributed by atoms with Crippen molar-refractivity contribution in [1.82, 2.24) is 10.6 Å². The number of urea groups is 1. The number of carboxylic acid groups (broad SMARTS) is 1. The summed E-state index contributed by atoms with van der Waals surface area (Å²) >= 11 is 1.63. The van der Waals surface area contributed by atoms with Gasteiger partial charge in [0.2, 0.25) is 0 Å². The van der Waals surface area contributed by atoms with Crippen LogP contribution in [0.25, 0.3) is 0 Å². The first-order chi connectivity index (χ1) is 9.18. The number of aryl methyl sites for hydroxylation is 1. The molecule has 3 N–H and O–H groups in total. The van der Waals surface area contributed by atoms with Gasteiger partial charge < -0.3 is 15.7 Å². The minimum atomic E-state index is -0.917. The first-order valence-electron chi connectivity index (χ1n) is 6.50. The number of nitrogens with one attached hydrogen (secondary N) is 2. The maximum atomic E-state index is 11.9. The first-order valence-corrected chi connectivity index (χ1v) is 7.31. The second-order valence-electron chi connectivity index (χ2n) is 5.86. The van der Waals surface area contributed by atoms with Gasteiger partial charge in [0.05, 0.1) is 13.0 Å². The van der Waals surface area contributed by atoms with Crippen molar-refractivity contribution in [2.24, 2.45) is 5.41 Å². The molecule has 1 rings (SSSR count). The average molecular weight is 298 g/mol. The summed E-state index contributed by atoms with van der Waals surface area (Å²) in [5.41, 5.74) is -0.310. The van der Waals surface area contributed by atoms with Gasteiger partial charge in [-0.25, -0.2) is 4.79 Å².